The Balaban J connectivity index is 1.25. The van der Waals surface area contributed by atoms with Crippen LogP contribution < -0.4 is 19.5 Å². The summed E-state index contributed by atoms with van der Waals surface area (Å²) >= 11 is 0. The highest BCUT2D eigenvalue weighted by molar-refractivity contribution is 5.94. The molecule has 0 unspecified atom stereocenters. The van der Waals surface area contributed by atoms with Crippen molar-refractivity contribution in [2.75, 3.05) is 31.8 Å². The van der Waals surface area contributed by atoms with Crippen molar-refractivity contribution in [2.45, 2.75) is 19.8 Å². The van der Waals surface area contributed by atoms with Crippen molar-refractivity contribution in [3.05, 3.63) is 54.1 Å². The Morgan fingerprint density at radius 1 is 1.10 bits per heavy atom. The van der Waals surface area contributed by atoms with Crippen LogP contribution >= 0.6 is 0 Å². The van der Waals surface area contributed by atoms with E-state index in [1.165, 1.54) is 0 Å². The molecule has 1 N–H and O–H groups in total. The van der Waals surface area contributed by atoms with Gasteiger partial charge in [0.25, 0.3) is 0 Å². The Kier molecular flexibility index (Phi) is 6.40. The first-order valence-corrected chi connectivity index (χ1v) is 10.5. The zero-order valence-corrected chi connectivity index (χ0v) is 17.5. The lowest BCUT2D eigenvalue weighted by Gasteiger charge is -2.30. The third kappa shape index (κ3) is 5.17. The average molecular weight is 422 g/mol. The van der Waals surface area contributed by atoms with Gasteiger partial charge in [-0.3, -0.25) is 9.59 Å². The number of nitrogens with zero attached hydrogens (tertiary/aromatic N) is 1. The van der Waals surface area contributed by atoms with Crippen LogP contribution in [0.15, 0.2) is 48.5 Å². The third-order valence-corrected chi connectivity index (χ3v) is 5.43. The molecule has 0 saturated carbocycles. The molecule has 2 amide bonds. The summed E-state index contributed by atoms with van der Waals surface area (Å²) < 4.78 is 16.1. The molecule has 7 nitrogen and oxygen atoms in total. The minimum Gasteiger partial charge on any atom is -0.494 e. The molecule has 4 rings (SSSR count). The molecule has 0 bridgehead atoms. The molecule has 0 spiro atoms. The largest absolute Gasteiger partial charge is 0.494 e. The quantitative estimate of drug-likeness (QED) is 0.719. The highest BCUT2D eigenvalue weighted by Gasteiger charge is 2.27. The first-order valence-electron chi connectivity index (χ1n) is 10.5. The molecule has 1 saturated heterocycles. The molecule has 2 aliphatic rings. The van der Waals surface area contributed by atoms with Gasteiger partial charge in [-0.05, 0) is 55.7 Å². The van der Waals surface area contributed by atoms with E-state index in [1.54, 1.807) is 35.3 Å². The van der Waals surface area contributed by atoms with Crippen LogP contribution in [0.3, 0.4) is 0 Å². The molecule has 162 valence electrons. The molecule has 1 fully saturated rings. The summed E-state index contributed by atoms with van der Waals surface area (Å²) in [6, 6.07) is 13.0. The average Bonchev–Trinajstić information content (AvgIpc) is 3.26. The topological polar surface area (TPSA) is 77.1 Å². The number of carbonyl (C=O) groups is 2. The molecule has 2 aromatic rings. The number of fused-ring (bicyclic) bond motifs is 1. The molecule has 0 aromatic heterocycles. The Labute approximate surface area is 181 Å². The summed E-state index contributed by atoms with van der Waals surface area (Å²) in [6.45, 7) is 3.89. The maximum absolute atomic E-state index is 12.6. The SMILES string of the molecule is CCOc1ccc(C=CC(=O)N2CCC(C(=O)Nc3ccc4c(c3)OCO4)CC2)cc1. The summed E-state index contributed by atoms with van der Waals surface area (Å²) in [5, 5.41) is 2.94. The third-order valence-electron chi connectivity index (χ3n) is 5.43. The summed E-state index contributed by atoms with van der Waals surface area (Å²) in [7, 11) is 0. The number of hydrogen-bond donors (Lipinski definition) is 1. The van der Waals surface area contributed by atoms with Crippen molar-refractivity contribution in [3.63, 3.8) is 0 Å². The summed E-state index contributed by atoms with van der Waals surface area (Å²) in [5.74, 6) is 1.94. The lowest BCUT2D eigenvalue weighted by atomic mass is 9.95. The number of likely N-dealkylation sites (tertiary alicyclic amines) is 1. The van der Waals surface area contributed by atoms with Crippen molar-refractivity contribution < 1.29 is 23.8 Å². The van der Waals surface area contributed by atoms with Gasteiger partial charge in [-0.1, -0.05) is 12.1 Å². The van der Waals surface area contributed by atoms with Crippen molar-refractivity contribution >= 4 is 23.6 Å². The molecular formula is C24H26N2O5. The van der Waals surface area contributed by atoms with Crippen LogP contribution in [0.5, 0.6) is 17.2 Å². The van der Waals surface area contributed by atoms with Crippen LogP contribution in [-0.4, -0.2) is 43.2 Å². The number of rotatable bonds is 6. The van der Waals surface area contributed by atoms with Gasteiger partial charge in [-0.25, -0.2) is 0 Å². The minimum atomic E-state index is -0.121. The highest BCUT2D eigenvalue weighted by Crippen LogP contribution is 2.34. The second kappa shape index (κ2) is 9.55. The first-order chi connectivity index (χ1) is 15.1. The normalized spacial score (nSPS) is 15.8. The molecule has 31 heavy (non-hydrogen) atoms. The molecule has 0 atom stereocenters. The van der Waals surface area contributed by atoms with Crippen molar-refractivity contribution in [1.82, 2.24) is 4.90 Å². The van der Waals surface area contributed by atoms with Gasteiger partial charge >= 0.3 is 0 Å². The molecule has 7 heteroatoms. The Morgan fingerprint density at radius 3 is 2.58 bits per heavy atom. The van der Waals surface area contributed by atoms with E-state index in [0.717, 1.165) is 11.3 Å². The van der Waals surface area contributed by atoms with E-state index in [1.807, 2.05) is 31.2 Å². The fraction of sp³-hybridized carbons (Fsp3) is 0.333. The van der Waals surface area contributed by atoms with E-state index in [2.05, 4.69) is 5.32 Å². The van der Waals surface area contributed by atoms with Gasteiger partial charge in [0.15, 0.2) is 11.5 Å². The molecule has 2 aromatic carbocycles. The van der Waals surface area contributed by atoms with Crippen LogP contribution in [0.2, 0.25) is 0 Å². The Morgan fingerprint density at radius 2 is 1.84 bits per heavy atom. The van der Waals surface area contributed by atoms with Gasteiger partial charge < -0.3 is 24.4 Å². The minimum absolute atomic E-state index is 0.0316. The van der Waals surface area contributed by atoms with Crippen LogP contribution in [-0.2, 0) is 9.59 Å². The van der Waals surface area contributed by atoms with Gasteiger partial charge in [-0.15, -0.1) is 0 Å². The van der Waals surface area contributed by atoms with Gasteiger partial charge in [0.2, 0.25) is 18.6 Å². The molecule has 0 aliphatic carbocycles. The monoisotopic (exact) mass is 422 g/mol. The number of nitrogens with one attached hydrogen (secondary N) is 1. The molecular weight excluding hydrogens is 396 g/mol. The van der Waals surface area contributed by atoms with E-state index < -0.39 is 0 Å². The van der Waals surface area contributed by atoms with Crippen LogP contribution in [0, 0.1) is 5.92 Å². The second-order valence-electron chi connectivity index (χ2n) is 7.49. The number of benzene rings is 2. The second-order valence-corrected chi connectivity index (χ2v) is 7.49. The summed E-state index contributed by atoms with van der Waals surface area (Å²) in [6.07, 6.45) is 4.66. The smallest absolute Gasteiger partial charge is 0.246 e. The van der Waals surface area contributed by atoms with E-state index in [-0.39, 0.29) is 24.5 Å². The van der Waals surface area contributed by atoms with Gasteiger partial charge in [0, 0.05) is 36.8 Å². The summed E-state index contributed by atoms with van der Waals surface area (Å²) in [4.78, 5) is 26.9. The maximum atomic E-state index is 12.6. The zero-order chi connectivity index (χ0) is 21.6. The van der Waals surface area contributed by atoms with Crippen molar-refractivity contribution in [3.8, 4) is 17.2 Å². The predicted molar refractivity (Wildman–Crippen MR) is 117 cm³/mol. The van der Waals surface area contributed by atoms with E-state index >= 15 is 0 Å². The first kappa shape index (κ1) is 20.8. The maximum Gasteiger partial charge on any atom is 0.246 e. The molecule has 2 heterocycles. The number of anilines is 1. The van der Waals surface area contributed by atoms with Crippen LogP contribution in [0.1, 0.15) is 25.3 Å². The molecule has 2 aliphatic heterocycles. The zero-order valence-electron chi connectivity index (χ0n) is 17.5. The number of hydrogen-bond acceptors (Lipinski definition) is 5. The molecule has 0 radical (unpaired) electrons. The van der Waals surface area contributed by atoms with Crippen molar-refractivity contribution in [1.29, 1.82) is 0 Å². The van der Waals surface area contributed by atoms with Crippen LogP contribution in [0.25, 0.3) is 6.08 Å². The highest BCUT2D eigenvalue weighted by atomic mass is 16.7. The summed E-state index contributed by atoms with van der Waals surface area (Å²) in [5.41, 5.74) is 1.63. The number of ether oxygens (including phenoxy) is 3. The predicted octanol–water partition coefficient (Wildman–Crippen LogP) is 3.70. The van der Waals surface area contributed by atoms with Gasteiger partial charge in [0.1, 0.15) is 5.75 Å². The standard InChI is InChI=1S/C24H26N2O5/c1-2-29-20-7-3-17(4-8-20)5-10-23(27)26-13-11-18(12-14-26)24(28)25-19-6-9-21-22(15-19)31-16-30-21/h3-10,15,18H,2,11-14,16H2,1H3,(H,25,28). The van der Waals surface area contributed by atoms with Crippen LogP contribution in [0.4, 0.5) is 5.69 Å². The fourth-order valence-corrected chi connectivity index (χ4v) is 3.70. The van der Waals surface area contributed by atoms with Gasteiger partial charge in [0.05, 0.1) is 6.61 Å². The number of piperidine rings is 1. The lowest BCUT2D eigenvalue weighted by Crippen LogP contribution is -2.40. The van der Waals surface area contributed by atoms with Crippen molar-refractivity contribution in [2.24, 2.45) is 5.92 Å². The van der Waals surface area contributed by atoms with Gasteiger partial charge in [-0.2, -0.15) is 0 Å². The Bertz CT molecular complexity index is 962. The van der Waals surface area contributed by atoms with E-state index in [4.69, 9.17) is 14.2 Å². The van der Waals surface area contributed by atoms with E-state index in [0.29, 0.717) is 49.7 Å². The fourth-order valence-electron chi connectivity index (χ4n) is 3.70. The lowest BCUT2D eigenvalue weighted by molar-refractivity contribution is -0.130. The number of amides is 2. The van der Waals surface area contributed by atoms with E-state index in [9.17, 15) is 9.59 Å². The number of carbonyl (C=O) groups excluding carboxylic acids is 2. The Hall–Kier alpha value is -3.48.